The highest BCUT2D eigenvalue weighted by molar-refractivity contribution is 7.80. The van der Waals surface area contributed by atoms with Crippen molar-refractivity contribution in [3.8, 4) is 0 Å². The summed E-state index contributed by atoms with van der Waals surface area (Å²) in [5.41, 5.74) is 1.84. The van der Waals surface area contributed by atoms with Crippen LogP contribution in [0.25, 0.3) is 0 Å². The van der Waals surface area contributed by atoms with Gasteiger partial charge in [-0.1, -0.05) is 0 Å². The zero-order valence-corrected chi connectivity index (χ0v) is 12.1. The quantitative estimate of drug-likeness (QED) is 0.179. The number of hydrogen-bond donors (Lipinski definition) is 4. The van der Waals surface area contributed by atoms with Crippen LogP contribution in [0.2, 0.25) is 0 Å². The van der Waals surface area contributed by atoms with Gasteiger partial charge in [0, 0.05) is 6.54 Å². The Morgan fingerprint density at radius 2 is 2.09 bits per heavy atom. The molecule has 2 aliphatic rings. The molecule has 5 N–H and O–H groups in total. The number of piperidine rings is 1. The van der Waals surface area contributed by atoms with E-state index in [1.54, 1.807) is 0 Å². The third-order valence-corrected chi connectivity index (χ3v) is 3.73. The Morgan fingerprint density at radius 1 is 1.41 bits per heavy atom. The summed E-state index contributed by atoms with van der Waals surface area (Å²) >= 11 is 0. The second-order valence-electron chi connectivity index (χ2n) is 4.80. The molecule has 2 rings (SSSR count). The molecular formula is C9H15N5O7S. The van der Waals surface area contributed by atoms with E-state index in [1.165, 1.54) is 0 Å². The van der Waals surface area contributed by atoms with Crippen molar-refractivity contribution in [3.63, 3.8) is 0 Å². The van der Waals surface area contributed by atoms with Crippen LogP contribution in [0.5, 0.6) is 0 Å². The number of rotatable bonds is 5. The maximum Gasteiger partial charge on any atom is 0.418 e. The summed E-state index contributed by atoms with van der Waals surface area (Å²) in [6.07, 6.45) is 0.566. The Bertz CT molecular complexity index is 593. The van der Waals surface area contributed by atoms with Crippen molar-refractivity contribution in [2.24, 2.45) is 5.84 Å². The molecule has 22 heavy (non-hydrogen) atoms. The van der Waals surface area contributed by atoms with Crippen LogP contribution in [0, 0.1) is 0 Å². The molecule has 0 aromatic heterocycles. The van der Waals surface area contributed by atoms with Gasteiger partial charge in [0.2, 0.25) is 5.91 Å². The predicted octanol–water partition coefficient (Wildman–Crippen LogP) is -2.90. The van der Waals surface area contributed by atoms with Crippen molar-refractivity contribution in [1.82, 2.24) is 20.7 Å². The highest BCUT2D eigenvalue weighted by Gasteiger charge is 2.49. The summed E-state index contributed by atoms with van der Waals surface area (Å²) in [6.45, 7) is -0.266. The smallest absolute Gasteiger partial charge is 0.345 e. The van der Waals surface area contributed by atoms with Gasteiger partial charge in [0.15, 0.2) is 0 Å². The van der Waals surface area contributed by atoms with E-state index in [9.17, 15) is 22.8 Å². The second-order valence-corrected chi connectivity index (χ2v) is 5.80. The minimum Gasteiger partial charge on any atom is -0.345 e. The van der Waals surface area contributed by atoms with Gasteiger partial charge in [0.25, 0.3) is 5.91 Å². The molecule has 13 heteroatoms. The average molecular weight is 337 g/mol. The Morgan fingerprint density at radius 3 is 2.68 bits per heavy atom. The molecule has 0 spiro atoms. The number of hydrazine groups is 1. The molecule has 12 nitrogen and oxygen atoms in total. The number of nitrogens with zero attached hydrogens (tertiary/aromatic N) is 2. The monoisotopic (exact) mass is 337 g/mol. The normalized spacial score (nSPS) is 24.4. The van der Waals surface area contributed by atoms with Crippen LogP contribution in [0.15, 0.2) is 0 Å². The van der Waals surface area contributed by atoms with Crippen LogP contribution in [0.3, 0.4) is 0 Å². The number of carbonyl (C=O) groups is 3. The highest BCUT2D eigenvalue weighted by Crippen LogP contribution is 2.30. The van der Waals surface area contributed by atoms with Gasteiger partial charge >= 0.3 is 16.4 Å². The molecule has 2 saturated heterocycles. The molecule has 2 bridgehead atoms. The highest BCUT2D eigenvalue weighted by atomic mass is 32.3. The number of nitrogens with one attached hydrogen (secondary N) is 2. The predicted molar refractivity (Wildman–Crippen MR) is 68.7 cm³/mol. The van der Waals surface area contributed by atoms with Crippen LogP contribution in [-0.2, 0) is 24.3 Å². The first-order chi connectivity index (χ1) is 10.2. The number of amides is 4. The van der Waals surface area contributed by atoms with E-state index in [2.05, 4.69) is 9.60 Å². The van der Waals surface area contributed by atoms with Gasteiger partial charge in [0.1, 0.15) is 6.04 Å². The summed E-state index contributed by atoms with van der Waals surface area (Å²) in [4.78, 5) is 36.1. The van der Waals surface area contributed by atoms with E-state index >= 15 is 0 Å². The Kier molecular flexibility index (Phi) is 4.50. The fourth-order valence-electron chi connectivity index (χ4n) is 2.44. The van der Waals surface area contributed by atoms with Crippen molar-refractivity contribution in [2.75, 3.05) is 13.1 Å². The average Bonchev–Trinajstić information content (AvgIpc) is 2.68. The van der Waals surface area contributed by atoms with Crippen LogP contribution < -0.4 is 16.6 Å². The maximum absolute atomic E-state index is 12.0. The first kappa shape index (κ1) is 16.4. The number of urea groups is 1. The summed E-state index contributed by atoms with van der Waals surface area (Å²) in [6, 6.07) is -2.28. The van der Waals surface area contributed by atoms with E-state index in [0.29, 0.717) is 11.5 Å². The SMILES string of the molecule is NNC(=O)CNC(=O)[C@@H]1CC[C@H]2CN1C(=O)N2OS(=O)(=O)O. The van der Waals surface area contributed by atoms with Crippen molar-refractivity contribution in [3.05, 3.63) is 0 Å². The first-order valence-electron chi connectivity index (χ1n) is 6.27. The fraction of sp³-hybridized carbons (Fsp3) is 0.667. The van der Waals surface area contributed by atoms with Crippen molar-refractivity contribution in [2.45, 2.75) is 24.9 Å². The molecule has 4 amide bonds. The van der Waals surface area contributed by atoms with Gasteiger partial charge in [0.05, 0.1) is 12.6 Å². The number of carbonyl (C=O) groups excluding carboxylic acids is 3. The van der Waals surface area contributed by atoms with E-state index in [4.69, 9.17) is 10.4 Å². The third-order valence-electron chi connectivity index (χ3n) is 3.38. The number of hydroxylamine groups is 2. The van der Waals surface area contributed by atoms with Gasteiger partial charge < -0.3 is 10.2 Å². The van der Waals surface area contributed by atoms with Crippen LogP contribution in [-0.4, -0.2) is 66.0 Å². The molecule has 0 aromatic carbocycles. The summed E-state index contributed by atoms with van der Waals surface area (Å²) in [5.74, 6) is 3.71. The lowest BCUT2D eigenvalue weighted by Crippen LogP contribution is -2.51. The van der Waals surface area contributed by atoms with E-state index in [1.807, 2.05) is 5.43 Å². The molecule has 2 heterocycles. The topological polar surface area (TPSA) is 171 Å². The maximum atomic E-state index is 12.0. The largest absolute Gasteiger partial charge is 0.418 e. The molecule has 2 atom stereocenters. The lowest BCUT2D eigenvalue weighted by molar-refractivity contribution is -0.129. The second kappa shape index (κ2) is 6.04. The summed E-state index contributed by atoms with van der Waals surface area (Å²) in [5, 5.41) is 2.85. The van der Waals surface area contributed by atoms with Crippen LogP contribution in [0.4, 0.5) is 4.79 Å². The Labute approximate surface area is 125 Å². The van der Waals surface area contributed by atoms with Gasteiger partial charge in [-0.2, -0.15) is 13.5 Å². The van der Waals surface area contributed by atoms with Gasteiger partial charge in [-0.15, -0.1) is 4.28 Å². The zero-order valence-electron chi connectivity index (χ0n) is 11.3. The van der Waals surface area contributed by atoms with Crippen LogP contribution >= 0.6 is 0 Å². The third kappa shape index (κ3) is 3.44. The molecule has 124 valence electrons. The Balaban J connectivity index is 2.02. The fourth-order valence-corrected chi connectivity index (χ4v) is 2.83. The molecule has 0 unspecified atom stereocenters. The first-order valence-corrected chi connectivity index (χ1v) is 7.63. The minimum absolute atomic E-state index is 0.0789. The lowest BCUT2D eigenvalue weighted by atomic mass is 10.0. The van der Waals surface area contributed by atoms with Gasteiger partial charge in [-0.25, -0.2) is 10.6 Å². The van der Waals surface area contributed by atoms with Crippen molar-refractivity contribution < 1.29 is 31.6 Å². The number of fused-ring (bicyclic) bond motifs is 2. The molecule has 0 aliphatic carbocycles. The lowest BCUT2D eigenvalue weighted by Gasteiger charge is -2.29. The molecule has 0 radical (unpaired) electrons. The molecule has 2 fully saturated rings. The van der Waals surface area contributed by atoms with Crippen molar-refractivity contribution >= 4 is 28.2 Å². The minimum atomic E-state index is -4.83. The van der Waals surface area contributed by atoms with E-state index in [-0.39, 0.29) is 19.5 Å². The number of hydrogen-bond acceptors (Lipinski definition) is 7. The molecule has 0 aromatic rings. The van der Waals surface area contributed by atoms with E-state index < -0.39 is 40.3 Å². The molecular weight excluding hydrogens is 322 g/mol. The zero-order chi connectivity index (χ0) is 16.5. The van der Waals surface area contributed by atoms with E-state index in [0.717, 1.165) is 4.90 Å². The summed E-state index contributed by atoms with van der Waals surface area (Å²) in [7, 11) is -4.83. The number of nitrogens with two attached hydrogens (primary N) is 1. The Hall–Kier alpha value is -1.96. The molecule has 2 aliphatic heterocycles. The standard InChI is InChI=1S/C9H15N5O7S/c10-12-7(15)3-11-8(16)6-2-1-5-4-13(6)9(17)14(5)21-22(18,19)20/h5-6H,1-4,10H2,(H,11,16)(H,12,15)(H,18,19,20)/t5-,6-/m0/s1. The molecule has 0 saturated carbocycles. The van der Waals surface area contributed by atoms with Crippen LogP contribution in [0.1, 0.15) is 12.8 Å². The van der Waals surface area contributed by atoms with Crippen molar-refractivity contribution in [1.29, 1.82) is 0 Å². The summed E-state index contributed by atoms with van der Waals surface area (Å²) < 4.78 is 34.4. The van der Waals surface area contributed by atoms with Gasteiger partial charge in [-0.05, 0) is 12.8 Å². The van der Waals surface area contributed by atoms with Gasteiger partial charge in [-0.3, -0.25) is 19.6 Å².